The van der Waals surface area contributed by atoms with Gasteiger partial charge in [0.25, 0.3) is 0 Å². The average molecular weight is 204 g/mol. The number of nitrogens with zero attached hydrogens (tertiary/aromatic N) is 1. The van der Waals surface area contributed by atoms with Crippen LogP contribution in [0.3, 0.4) is 0 Å². The summed E-state index contributed by atoms with van der Waals surface area (Å²) in [5.74, 6) is -0.512. The standard InChI is InChI=1S/C3H3NO2Se.K.H/c4-2-6-3(5)1-7;;/h7H,1H2;;. The van der Waals surface area contributed by atoms with Crippen molar-refractivity contribution in [2.24, 2.45) is 0 Å². The van der Waals surface area contributed by atoms with E-state index in [-0.39, 0.29) is 56.7 Å². The van der Waals surface area contributed by atoms with Gasteiger partial charge in [-0.1, -0.05) is 0 Å². The molecular formula is C3H4KNO2Se. The molecule has 0 amide bonds. The Hall–Kier alpha value is 1.12. The summed E-state index contributed by atoms with van der Waals surface area (Å²) in [6.07, 6.45) is 1.26. The topological polar surface area (TPSA) is 50.1 Å². The molecule has 0 aliphatic rings. The Balaban J connectivity index is 0. The van der Waals surface area contributed by atoms with E-state index < -0.39 is 5.97 Å². The number of hydrogen-bond donors (Lipinski definition) is 0. The molecule has 8 heavy (non-hydrogen) atoms. The number of nitriles is 1. The summed E-state index contributed by atoms with van der Waals surface area (Å²) >= 11 is 2.01. The van der Waals surface area contributed by atoms with E-state index in [4.69, 9.17) is 5.26 Å². The first-order chi connectivity index (χ1) is 3.31. The zero-order valence-electron chi connectivity index (χ0n) is 3.42. The van der Waals surface area contributed by atoms with Gasteiger partial charge in [-0.2, -0.15) is 0 Å². The Morgan fingerprint density at radius 1 is 1.88 bits per heavy atom. The van der Waals surface area contributed by atoms with E-state index in [2.05, 4.69) is 4.74 Å². The van der Waals surface area contributed by atoms with E-state index in [1.165, 1.54) is 6.26 Å². The van der Waals surface area contributed by atoms with Crippen molar-refractivity contribution in [2.75, 3.05) is 0 Å². The maximum atomic E-state index is 9.95. The van der Waals surface area contributed by atoms with Gasteiger partial charge in [0.15, 0.2) is 0 Å². The van der Waals surface area contributed by atoms with Crippen LogP contribution in [0.4, 0.5) is 0 Å². The number of carbonyl (C=O) groups excluding carboxylic acids is 1. The Labute approximate surface area is 98.0 Å². The van der Waals surface area contributed by atoms with Crippen LogP contribution in [0.15, 0.2) is 0 Å². The summed E-state index contributed by atoms with van der Waals surface area (Å²) < 4.78 is 3.84. The molecular weight excluding hydrogens is 200 g/mol. The van der Waals surface area contributed by atoms with Crippen LogP contribution >= 0.6 is 0 Å². The Morgan fingerprint density at radius 3 is 2.50 bits per heavy atom. The first-order valence-corrected chi connectivity index (χ1v) is 2.83. The van der Waals surface area contributed by atoms with Crippen LogP contribution in [0, 0.1) is 11.5 Å². The minimum absolute atomic E-state index is 0. The summed E-state index contributed by atoms with van der Waals surface area (Å²) in [4.78, 5) is 9.95. The summed E-state index contributed by atoms with van der Waals surface area (Å²) in [6, 6.07) is 0. The molecule has 0 aromatic heterocycles. The van der Waals surface area contributed by atoms with Gasteiger partial charge in [0.05, 0.1) is 0 Å². The molecule has 0 saturated carbocycles. The fraction of sp³-hybridized carbons (Fsp3) is 0.333. The molecule has 3 nitrogen and oxygen atoms in total. The van der Waals surface area contributed by atoms with Gasteiger partial charge in [-0.05, 0) is 0 Å². The van der Waals surface area contributed by atoms with Crippen LogP contribution in [0.25, 0.3) is 0 Å². The predicted octanol–water partition coefficient (Wildman–Crippen LogP) is -1.32. The monoisotopic (exact) mass is 205 g/mol. The van der Waals surface area contributed by atoms with Crippen molar-refractivity contribution in [1.29, 1.82) is 5.26 Å². The number of rotatable bonds is 1. The van der Waals surface area contributed by atoms with Crippen LogP contribution in [0.2, 0.25) is 5.32 Å². The molecule has 0 bridgehead atoms. The molecule has 0 N–H and O–H groups in total. The molecule has 0 aliphatic carbocycles. The van der Waals surface area contributed by atoms with Gasteiger partial charge in [-0.15, -0.1) is 0 Å². The van der Waals surface area contributed by atoms with E-state index in [1.54, 1.807) is 0 Å². The second-order valence-electron chi connectivity index (χ2n) is 0.723. The number of hydrogen-bond acceptors (Lipinski definition) is 3. The van der Waals surface area contributed by atoms with Crippen LogP contribution in [0.1, 0.15) is 0 Å². The van der Waals surface area contributed by atoms with Crippen molar-refractivity contribution in [3.63, 3.8) is 0 Å². The minimum atomic E-state index is -0.512. The summed E-state index contributed by atoms with van der Waals surface area (Å²) in [6.45, 7) is 0. The molecule has 0 radical (unpaired) electrons. The van der Waals surface area contributed by atoms with Gasteiger partial charge in [-0.3, -0.25) is 0 Å². The Bertz CT molecular complexity index is 110. The number of esters is 1. The van der Waals surface area contributed by atoms with Gasteiger partial charge < -0.3 is 0 Å². The molecule has 0 atom stereocenters. The first kappa shape index (κ1) is 11.9. The average Bonchev–Trinajstić information content (AvgIpc) is 1.68. The summed E-state index contributed by atoms with van der Waals surface area (Å²) in [5, 5.41) is 7.86. The SMILES string of the molecule is N#COC(=O)C[SeH].[KH]. The van der Waals surface area contributed by atoms with Gasteiger partial charge in [0.2, 0.25) is 0 Å². The van der Waals surface area contributed by atoms with E-state index in [0.717, 1.165) is 0 Å². The van der Waals surface area contributed by atoms with Crippen LogP contribution in [0.5, 0.6) is 0 Å². The molecule has 0 unspecified atom stereocenters. The van der Waals surface area contributed by atoms with Crippen molar-refractivity contribution in [3.05, 3.63) is 0 Å². The summed E-state index contributed by atoms with van der Waals surface area (Å²) in [5.41, 5.74) is 0. The van der Waals surface area contributed by atoms with E-state index in [0.29, 0.717) is 0 Å². The molecule has 5 heteroatoms. The molecule has 0 aromatic rings. The first-order valence-electron chi connectivity index (χ1n) is 1.51. The second-order valence-corrected chi connectivity index (χ2v) is 1.39. The quantitative estimate of drug-likeness (QED) is 0.302. The maximum absolute atomic E-state index is 9.95. The van der Waals surface area contributed by atoms with Crippen LogP contribution in [-0.4, -0.2) is 73.4 Å². The van der Waals surface area contributed by atoms with Crippen molar-refractivity contribution in [2.45, 2.75) is 5.32 Å². The Kier molecular flexibility index (Phi) is 12.0. The third-order valence-electron chi connectivity index (χ3n) is 0.289. The zero-order chi connectivity index (χ0) is 5.70. The molecule has 0 saturated heterocycles. The molecule has 0 heterocycles. The van der Waals surface area contributed by atoms with Gasteiger partial charge >= 0.3 is 99.7 Å². The Morgan fingerprint density at radius 2 is 2.38 bits per heavy atom. The molecule has 0 aromatic carbocycles. The fourth-order valence-electron chi connectivity index (χ4n) is 0.0832. The second kappa shape index (κ2) is 8.12. The van der Waals surface area contributed by atoms with Crippen molar-refractivity contribution in [1.82, 2.24) is 0 Å². The molecule has 0 fully saturated rings. The van der Waals surface area contributed by atoms with Crippen molar-refractivity contribution in [3.8, 4) is 6.26 Å². The molecule has 0 rings (SSSR count). The van der Waals surface area contributed by atoms with Crippen LogP contribution < -0.4 is 0 Å². The number of ether oxygens (including phenoxy) is 1. The fourth-order valence-corrected chi connectivity index (χ4v) is 0.219. The van der Waals surface area contributed by atoms with Crippen molar-refractivity contribution < 1.29 is 9.53 Å². The molecule has 40 valence electrons. The van der Waals surface area contributed by atoms with E-state index >= 15 is 0 Å². The van der Waals surface area contributed by atoms with Gasteiger partial charge in [0.1, 0.15) is 0 Å². The normalized spacial score (nSPS) is 6.00. The third-order valence-corrected chi connectivity index (χ3v) is 0.830. The van der Waals surface area contributed by atoms with E-state index in [1.807, 2.05) is 16.0 Å². The number of carbonyl (C=O) groups is 1. The zero-order valence-corrected chi connectivity index (χ0v) is 5.29. The van der Waals surface area contributed by atoms with Gasteiger partial charge in [0, 0.05) is 0 Å². The van der Waals surface area contributed by atoms with Crippen LogP contribution in [-0.2, 0) is 9.53 Å². The van der Waals surface area contributed by atoms with E-state index in [9.17, 15) is 4.79 Å². The summed E-state index contributed by atoms with van der Waals surface area (Å²) in [7, 11) is 0. The van der Waals surface area contributed by atoms with Crippen molar-refractivity contribution >= 4 is 73.4 Å². The molecule has 0 aliphatic heterocycles. The predicted molar refractivity (Wildman–Crippen MR) is 30.8 cm³/mol. The molecule has 0 spiro atoms. The third kappa shape index (κ3) is 7.12. The van der Waals surface area contributed by atoms with Gasteiger partial charge in [-0.25, -0.2) is 0 Å².